The molecule has 0 N–H and O–H groups in total. The molecule has 1 aliphatic heterocycles. The van der Waals surface area contributed by atoms with Crippen molar-refractivity contribution in [3.05, 3.63) is 0 Å². The maximum absolute atomic E-state index is 13.8. The highest BCUT2D eigenvalue weighted by Crippen LogP contribution is 2.52. The van der Waals surface area contributed by atoms with Crippen molar-refractivity contribution >= 4 is 26.2 Å². The third-order valence-electron chi connectivity index (χ3n) is 3.78. The summed E-state index contributed by atoms with van der Waals surface area (Å²) in [6, 6.07) is 0. The Bertz CT molecular complexity index is 775. The summed E-state index contributed by atoms with van der Waals surface area (Å²) in [5.74, 6) is -8.83. The molecule has 1 fully saturated rings. The first kappa shape index (κ1) is 23.9. The Morgan fingerprint density at radius 1 is 1.00 bits per heavy atom. The van der Waals surface area contributed by atoms with Gasteiger partial charge in [-0.1, -0.05) is 3.89 Å². The molecule has 7 nitrogen and oxygen atoms in total. The van der Waals surface area contributed by atoms with E-state index in [1.165, 1.54) is 6.92 Å². The van der Waals surface area contributed by atoms with E-state index < -0.39 is 74.5 Å². The van der Waals surface area contributed by atoms with Crippen LogP contribution in [0.25, 0.3) is 0 Å². The molecule has 27 heavy (non-hydrogen) atoms. The van der Waals surface area contributed by atoms with E-state index in [4.69, 9.17) is 0 Å². The minimum Gasteiger partial charge on any atom is -0.466 e. The molecule has 16 heteroatoms. The van der Waals surface area contributed by atoms with Crippen LogP contribution < -0.4 is 0 Å². The third kappa shape index (κ3) is 3.87. The highest BCUT2D eigenvalue weighted by Gasteiger charge is 2.83. The molecule has 0 unspecified atom stereocenters. The van der Waals surface area contributed by atoms with Crippen molar-refractivity contribution in [1.82, 2.24) is 4.31 Å². The second kappa shape index (κ2) is 7.35. The molecule has 0 aromatic rings. The molecule has 0 spiro atoms. The Hall–Kier alpha value is -1.16. The molecule has 1 rings (SSSR count). The van der Waals surface area contributed by atoms with Crippen molar-refractivity contribution in [3.63, 3.8) is 0 Å². The summed E-state index contributed by atoms with van der Waals surface area (Å²) in [6.45, 7) is -0.426. The lowest BCUT2D eigenvalue weighted by molar-refractivity contribution is -0.246. The SMILES string of the molecule is CCOC(=O)C1CCN(S(=O)(=O)C(F)(F)C(F)(F)C(F)(F)S(=O)(=O)F)CC1. The fourth-order valence-corrected chi connectivity index (χ4v) is 4.21. The first-order valence-corrected chi connectivity index (χ1v) is 10.0. The molecule has 0 atom stereocenters. The van der Waals surface area contributed by atoms with Crippen LogP contribution in [0.4, 0.5) is 30.2 Å². The van der Waals surface area contributed by atoms with Gasteiger partial charge in [0.15, 0.2) is 0 Å². The lowest BCUT2D eigenvalue weighted by Gasteiger charge is -2.36. The smallest absolute Gasteiger partial charge is 0.443 e. The number of sulfonamides is 1. The van der Waals surface area contributed by atoms with Gasteiger partial charge < -0.3 is 4.74 Å². The predicted molar refractivity (Wildman–Crippen MR) is 74.7 cm³/mol. The summed E-state index contributed by atoms with van der Waals surface area (Å²) in [5, 5.41) is -13.7. The monoisotopic (exact) mass is 453 g/mol. The Morgan fingerprint density at radius 3 is 1.81 bits per heavy atom. The average molecular weight is 453 g/mol. The van der Waals surface area contributed by atoms with Crippen LogP contribution in [-0.2, 0) is 29.8 Å². The molecule has 0 aromatic carbocycles. The molecule has 0 aromatic heterocycles. The molecule has 0 radical (unpaired) electrons. The number of nitrogens with zero attached hydrogens (tertiary/aromatic N) is 1. The third-order valence-corrected chi connectivity index (χ3v) is 6.59. The molecule has 0 amide bonds. The van der Waals surface area contributed by atoms with Crippen LogP contribution in [0, 0.1) is 5.92 Å². The number of carbonyl (C=O) groups excluding carboxylic acids is 1. The standard InChI is InChI=1S/C11H14F7NO6S2/c1-2-25-8(20)7-3-5-19(6-4-7)27(23,24)11(16,17)9(12,13)10(14,15)26(18,21)22/h7H,2-6H2,1H3. The van der Waals surface area contributed by atoms with E-state index >= 15 is 0 Å². The number of alkyl halides is 6. The van der Waals surface area contributed by atoms with Crippen LogP contribution in [0.2, 0.25) is 0 Å². The highest BCUT2D eigenvalue weighted by atomic mass is 32.3. The molecule has 0 aliphatic carbocycles. The number of ether oxygens (including phenoxy) is 1. The van der Waals surface area contributed by atoms with Gasteiger partial charge in [-0.3, -0.25) is 4.79 Å². The summed E-state index contributed by atoms with van der Waals surface area (Å²) in [5.41, 5.74) is 0. The van der Waals surface area contributed by atoms with E-state index in [0.717, 1.165) is 0 Å². The maximum Gasteiger partial charge on any atom is 0.443 e. The van der Waals surface area contributed by atoms with Crippen molar-refractivity contribution < 1.29 is 56.6 Å². The van der Waals surface area contributed by atoms with Crippen LogP contribution >= 0.6 is 0 Å². The quantitative estimate of drug-likeness (QED) is 0.331. The van der Waals surface area contributed by atoms with Crippen molar-refractivity contribution in [3.8, 4) is 0 Å². The summed E-state index contributed by atoms with van der Waals surface area (Å²) < 4.78 is 141. The van der Waals surface area contributed by atoms with Crippen LogP contribution in [0.5, 0.6) is 0 Å². The molecule has 1 aliphatic rings. The van der Waals surface area contributed by atoms with Crippen molar-refractivity contribution in [1.29, 1.82) is 0 Å². The fraction of sp³-hybridized carbons (Fsp3) is 0.909. The second-order valence-corrected chi connectivity index (χ2v) is 8.84. The minimum absolute atomic E-state index is 0.0333. The summed E-state index contributed by atoms with van der Waals surface area (Å²) in [4.78, 5) is 11.5. The zero-order valence-corrected chi connectivity index (χ0v) is 15.1. The minimum atomic E-state index is -7.57. The number of esters is 1. The van der Waals surface area contributed by atoms with Gasteiger partial charge in [-0.25, -0.2) is 8.42 Å². The van der Waals surface area contributed by atoms with Crippen LogP contribution in [0.3, 0.4) is 0 Å². The van der Waals surface area contributed by atoms with Crippen molar-refractivity contribution in [2.45, 2.75) is 36.2 Å². The maximum atomic E-state index is 13.8. The average Bonchev–Trinajstić information content (AvgIpc) is 2.53. The highest BCUT2D eigenvalue weighted by molar-refractivity contribution is 7.90. The van der Waals surface area contributed by atoms with Gasteiger partial charge in [-0.15, -0.1) is 0 Å². The van der Waals surface area contributed by atoms with E-state index in [-0.39, 0.29) is 10.9 Å². The largest absolute Gasteiger partial charge is 0.466 e. The first-order chi connectivity index (χ1) is 11.9. The van der Waals surface area contributed by atoms with Crippen LogP contribution in [0.1, 0.15) is 19.8 Å². The number of hydrogen-bond acceptors (Lipinski definition) is 6. The molecular weight excluding hydrogens is 439 g/mol. The zero-order valence-electron chi connectivity index (χ0n) is 13.5. The molecule has 160 valence electrons. The van der Waals surface area contributed by atoms with Gasteiger partial charge >= 0.3 is 32.6 Å². The number of hydrogen-bond donors (Lipinski definition) is 0. The molecular formula is C11H14F7NO6S2. The topological polar surface area (TPSA) is 97.8 Å². The molecule has 0 bridgehead atoms. The molecule has 1 heterocycles. The van der Waals surface area contributed by atoms with Crippen LogP contribution in [-0.4, -0.2) is 63.2 Å². The van der Waals surface area contributed by atoms with Gasteiger partial charge in [0.2, 0.25) is 0 Å². The Morgan fingerprint density at radius 2 is 1.44 bits per heavy atom. The number of halogens is 7. The predicted octanol–water partition coefficient (Wildman–Crippen LogP) is 1.71. The fourth-order valence-electron chi connectivity index (χ4n) is 2.24. The van der Waals surface area contributed by atoms with E-state index in [1.54, 1.807) is 0 Å². The lowest BCUT2D eigenvalue weighted by atomic mass is 9.98. The van der Waals surface area contributed by atoms with Gasteiger partial charge in [0, 0.05) is 13.1 Å². The number of carbonyl (C=O) groups is 1. The van der Waals surface area contributed by atoms with Gasteiger partial charge in [0.05, 0.1) is 12.5 Å². The van der Waals surface area contributed by atoms with Gasteiger partial charge in [0.1, 0.15) is 0 Å². The van der Waals surface area contributed by atoms with Gasteiger partial charge in [-0.2, -0.15) is 39.1 Å². The Kier molecular flexibility index (Phi) is 6.50. The van der Waals surface area contributed by atoms with E-state index in [2.05, 4.69) is 4.74 Å². The number of rotatable bonds is 7. The normalized spacial score (nSPS) is 19.1. The molecule has 1 saturated heterocycles. The number of piperidine rings is 1. The van der Waals surface area contributed by atoms with Gasteiger partial charge in [0.25, 0.3) is 10.0 Å². The van der Waals surface area contributed by atoms with E-state index in [9.17, 15) is 51.9 Å². The zero-order chi connectivity index (χ0) is 21.5. The van der Waals surface area contributed by atoms with Gasteiger partial charge in [-0.05, 0) is 19.8 Å². The molecule has 0 saturated carbocycles. The summed E-state index contributed by atoms with van der Waals surface area (Å²) in [6.07, 6.45) is -0.866. The van der Waals surface area contributed by atoms with Crippen LogP contribution in [0.15, 0.2) is 0 Å². The first-order valence-electron chi connectivity index (χ1n) is 7.19. The van der Waals surface area contributed by atoms with Crippen molar-refractivity contribution in [2.75, 3.05) is 19.7 Å². The summed E-state index contributed by atoms with van der Waals surface area (Å²) >= 11 is 0. The van der Waals surface area contributed by atoms with E-state index in [0.29, 0.717) is 0 Å². The Labute approximate surface area is 149 Å². The van der Waals surface area contributed by atoms with E-state index in [1.807, 2.05) is 0 Å². The second-order valence-electron chi connectivity index (χ2n) is 5.48. The lowest BCUT2D eigenvalue weighted by Crippen LogP contribution is -2.63. The summed E-state index contributed by atoms with van der Waals surface area (Å²) in [7, 11) is -14.1. The Balaban J connectivity index is 3.15. The van der Waals surface area contributed by atoms with Crippen molar-refractivity contribution in [2.24, 2.45) is 5.92 Å².